The van der Waals surface area contributed by atoms with Gasteiger partial charge in [0, 0.05) is 11.0 Å². The van der Waals surface area contributed by atoms with E-state index in [9.17, 15) is 4.79 Å². The van der Waals surface area contributed by atoms with Crippen LogP contribution in [0, 0.1) is 0 Å². The second-order valence-electron chi connectivity index (χ2n) is 3.34. The molecule has 1 N–H and O–H groups in total. The van der Waals surface area contributed by atoms with Crippen molar-refractivity contribution >= 4 is 33.4 Å². The number of halogens is 1. The van der Waals surface area contributed by atoms with Gasteiger partial charge in [-0.15, -0.1) is 5.10 Å². The topological polar surface area (TPSA) is 54.9 Å². The lowest BCUT2D eigenvalue weighted by Crippen LogP contribution is -2.24. The molecule has 1 heterocycles. The normalized spacial score (nSPS) is 10.4. The van der Waals surface area contributed by atoms with Crippen LogP contribution in [0.5, 0.6) is 0 Å². The molecule has 0 aliphatic carbocycles. The van der Waals surface area contributed by atoms with Crippen molar-refractivity contribution in [2.45, 2.75) is 19.8 Å². The summed E-state index contributed by atoms with van der Waals surface area (Å²) in [6.45, 7) is 8.02. The van der Waals surface area contributed by atoms with Crippen molar-refractivity contribution < 1.29 is 4.79 Å². The fourth-order valence-corrected chi connectivity index (χ4v) is 1.87. The monoisotopic (exact) mass is 289 g/mol. The molecule has 0 aromatic carbocycles. The molecule has 0 unspecified atom stereocenters. The van der Waals surface area contributed by atoms with Gasteiger partial charge in [-0.3, -0.25) is 4.79 Å². The molecule has 0 aliphatic rings. The standard InChI is InChI=1S/C9H12BrN3OS/c1-5(2)7-8(15-13-12-7)9(14)11-4-6(3)10/h5H,3-4H2,1-2H3,(H,11,14). The number of carbonyl (C=O) groups is 1. The summed E-state index contributed by atoms with van der Waals surface area (Å²) in [5, 5.41) is 6.66. The van der Waals surface area contributed by atoms with Crippen LogP contribution in [0.2, 0.25) is 0 Å². The molecule has 1 amide bonds. The third-order valence-corrected chi connectivity index (χ3v) is 2.73. The Balaban J connectivity index is 2.73. The van der Waals surface area contributed by atoms with Crippen LogP contribution < -0.4 is 5.32 Å². The van der Waals surface area contributed by atoms with Gasteiger partial charge in [-0.1, -0.05) is 40.8 Å². The molecule has 4 nitrogen and oxygen atoms in total. The first-order chi connectivity index (χ1) is 7.02. The van der Waals surface area contributed by atoms with Gasteiger partial charge < -0.3 is 5.32 Å². The number of nitrogens with one attached hydrogen (secondary N) is 1. The zero-order valence-corrected chi connectivity index (χ0v) is 11.0. The van der Waals surface area contributed by atoms with Gasteiger partial charge in [0.05, 0.1) is 5.69 Å². The lowest BCUT2D eigenvalue weighted by atomic mass is 10.1. The van der Waals surface area contributed by atoms with Crippen molar-refractivity contribution in [3.63, 3.8) is 0 Å². The van der Waals surface area contributed by atoms with Crippen LogP contribution in [0.4, 0.5) is 0 Å². The van der Waals surface area contributed by atoms with Crippen molar-refractivity contribution in [2.24, 2.45) is 0 Å². The van der Waals surface area contributed by atoms with Crippen LogP contribution in [-0.4, -0.2) is 22.0 Å². The van der Waals surface area contributed by atoms with E-state index in [1.807, 2.05) is 13.8 Å². The lowest BCUT2D eigenvalue weighted by Gasteiger charge is -2.04. The summed E-state index contributed by atoms with van der Waals surface area (Å²) in [5.74, 6) is 0.0611. The molecular formula is C9H12BrN3OS. The minimum Gasteiger partial charge on any atom is -0.347 e. The molecule has 15 heavy (non-hydrogen) atoms. The van der Waals surface area contributed by atoms with Gasteiger partial charge in [-0.25, -0.2) is 0 Å². The molecule has 0 aliphatic heterocycles. The third-order valence-electron chi connectivity index (χ3n) is 1.71. The largest absolute Gasteiger partial charge is 0.347 e. The molecule has 1 aromatic rings. The van der Waals surface area contributed by atoms with Gasteiger partial charge in [0.25, 0.3) is 5.91 Å². The average molecular weight is 290 g/mol. The van der Waals surface area contributed by atoms with Crippen molar-refractivity contribution in [2.75, 3.05) is 6.54 Å². The van der Waals surface area contributed by atoms with Gasteiger partial charge in [0.15, 0.2) is 0 Å². The van der Waals surface area contributed by atoms with E-state index in [2.05, 4.69) is 37.4 Å². The smallest absolute Gasteiger partial charge is 0.265 e. The third kappa shape index (κ3) is 3.39. The first-order valence-electron chi connectivity index (χ1n) is 4.46. The molecule has 0 saturated carbocycles. The highest BCUT2D eigenvalue weighted by Gasteiger charge is 2.17. The number of nitrogens with zero attached hydrogens (tertiary/aromatic N) is 2. The Bertz CT molecular complexity index is 375. The van der Waals surface area contributed by atoms with E-state index in [0.717, 1.165) is 21.7 Å². The maximum absolute atomic E-state index is 11.7. The molecule has 0 bridgehead atoms. The fourth-order valence-electron chi connectivity index (χ4n) is 0.989. The van der Waals surface area contributed by atoms with E-state index in [4.69, 9.17) is 0 Å². The van der Waals surface area contributed by atoms with Crippen LogP contribution >= 0.6 is 27.5 Å². The van der Waals surface area contributed by atoms with E-state index in [0.29, 0.717) is 11.4 Å². The van der Waals surface area contributed by atoms with Crippen LogP contribution in [0.25, 0.3) is 0 Å². The second-order valence-corrected chi connectivity index (χ2v) is 5.22. The quantitative estimate of drug-likeness (QED) is 0.925. The summed E-state index contributed by atoms with van der Waals surface area (Å²) in [6.07, 6.45) is 0. The summed E-state index contributed by atoms with van der Waals surface area (Å²) < 4.78 is 4.52. The first kappa shape index (κ1) is 12.3. The highest BCUT2D eigenvalue weighted by atomic mass is 79.9. The Labute approximate surface area is 101 Å². The number of hydrogen-bond donors (Lipinski definition) is 1. The molecule has 6 heteroatoms. The first-order valence-corrected chi connectivity index (χ1v) is 6.02. The van der Waals surface area contributed by atoms with Gasteiger partial charge in [-0.05, 0) is 17.5 Å². The number of carbonyl (C=O) groups excluding carboxylic acids is 1. The molecule has 0 spiro atoms. The fraction of sp³-hybridized carbons (Fsp3) is 0.444. The summed E-state index contributed by atoms with van der Waals surface area (Å²) >= 11 is 4.30. The summed E-state index contributed by atoms with van der Waals surface area (Å²) in [7, 11) is 0. The predicted molar refractivity (Wildman–Crippen MR) is 64.4 cm³/mol. The maximum Gasteiger partial charge on any atom is 0.265 e. The van der Waals surface area contributed by atoms with Gasteiger partial charge in [0.1, 0.15) is 4.88 Å². The summed E-state index contributed by atoms with van der Waals surface area (Å²) in [6, 6.07) is 0. The Morgan fingerprint density at radius 1 is 1.67 bits per heavy atom. The van der Waals surface area contributed by atoms with E-state index in [1.54, 1.807) is 0 Å². The van der Waals surface area contributed by atoms with Crippen molar-refractivity contribution in [3.05, 3.63) is 21.6 Å². The minimum absolute atomic E-state index is 0.144. The van der Waals surface area contributed by atoms with Crippen molar-refractivity contribution in [1.82, 2.24) is 14.9 Å². The predicted octanol–water partition coefficient (Wildman–Crippen LogP) is 2.30. The van der Waals surface area contributed by atoms with Crippen LogP contribution in [0.15, 0.2) is 11.1 Å². The number of aromatic nitrogens is 2. The highest BCUT2D eigenvalue weighted by molar-refractivity contribution is 9.11. The average Bonchev–Trinajstić information content (AvgIpc) is 2.62. The number of amides is 1. The molecule has 0 fully saturated rings. The molecule has 0 atom stereocenters. The number of hydrogen-bond acceptors (Lipinski definition) is 4. The molecule has 1 aromatic heterocycles. The molecule has 0 saturated heterocycles. The van der Waals surface area contributed by atoms with Crippen LogP contribution in [0.1, 0.15) is 35.1 Å². The second kappa shape index (κ2) is 5.37. The van der Waals surface area contributed by atoms with Gasteiger partial charge in [0.2, 0.25) is 0 Å². The molecule has 82 valence electrons. The van der Waals surface area contributed by atoms with E-state index in [1.165, 1.54) is 0 Å². The minimum atomic E-state index is -0.144. The molecular weight excluding hydrogens is 278 g/mol. The lowest BCUT2D eigenvalue weighted by molar-refractivity contribution is 0.0960. The molecule has 1 rings (SSSR count). The highest BCUT2D eigenvalue weighted by Crippen LogP contribution is 2.19. The maximum atomic E-state index is 11.7. The zero-order valence-electron chi connectivity index (χ0n) is 8.58. The summed E-state index contributed by atoms with van der Waals surface area (Å²) in [4.78, 5) is 12.3. The van der Waals surface area contributed by atoms with E-state index in [-0.39, 0.29) is 11.8 Å². The SMILES string of the molecule is C=C(Br)CNC(=O)c1snnc1C(C)C. The van der Waals surface area contributed by atoms with Crippen molar-refractivity contribution in [1.29, 1.82) is 0 Å². The number of rotatable bonds is 4. The van der Waals surface area contributed by atoms with Gasteiger partial charge >= 0.3 is 0 Å². The summed E-state index contributed by atoms with van der Waals surface area (Å²) in [5.41, 5.74) is 0.748. The Hall–Kier alpha value is -0.750. The van der Waals surface area contributed by atoms with E-state index >= 15 is 0 Å². The Kier molecular flexibility index (Phi) is 4.41. The molecule has 0 radical (unpaired) electrons. The Morgan fingerprint density at radius 2 is 2.33 bits per heavy atom. The van der Waals surface area contributed by atoms with Crippen LogP contribution in [-0.2, 0) is 0 Å². The van der Waals surface area contributed by atoms with Gasteiger partial charge in [-0.2, -0.15) is 0 Å². The van der Waals surface area contributed by atoms with E-state index < -0.39 is 0 Å². The van der Waals surface area contributed by atoms with Crippen LogP contribution in [0.3, 0.4) is 0 Å². The van der Waals surface area contributed by atoms with Crippen molar-refractivity contribution in [3.8, 4) is 0 Å². The Morgan fingerprint density at radius 3 is 2.87 bits per heavy atom. The zero-order chi connectivity index (χ0) is 11.4.